The van der Waals surface area contributed by atoms with Crippen LogP contribution in [-0.2, 0) is 13.6 Å². The van der Waals surface area contributed by atoms with Gasteiger partial charge in [0.25, 0.3) is 5.56 Å². The van der Waals surface area contributed by atoms with Gasteiger partial charge in [0.05, 0.1) is 6.54 Å². The molecule has 160 valence electrons. The first-order valence-electron chi connectivity index (χ1n) is 9.73. The Morgan fingerprint density at radius 3 is 2.55 bits per heavy atom. The number of aliphatic hydroxyl groups excluding tert-OH is 1. The van der Waals surface area contributed by atoms with Crippen molar-refractivity contribution in [1.82, 2.24) is 19.1 Å². The molecule has 9 heteroatoms. The van der Waals surface area contributed by atoms with Crippen LogP contribution in [0.5, 0.6) is 17.5 Å². The normalized spacial score (nSPS) is 12.1. The molecule has 2 N–H and O–H groups in total. The highest BCUT2D eigenvalue weighted by Crippen LogP contribution is 2.24. The first-order chi connectivity index (χ1) is 14.9. The summed E-state index contributed by atoms with van der Waals surface area (Å²) in [6.07, 6.45) is -0.966. The number of nitrogens with one attached hydrogen (secondary N) is 1. The monoisotopic (exact) mass is 422 g/mol. The zero-order valence-electron chi connectivity index (χ0n) is 17.1. The number of aliphatic hydroxyl groups is 1. The number of hydrogen-bond donors (Lipinski definition) is 2. The molecule has 0 aliphatic rings. The summed E-state index contributed by atoms with van der Waals surface area (Å²) in [5.74, 6) is 1.17. The number of ether oxygens (including phenoxy) is 2. The number of nitrogens with zero attached hydrogens (tertiary/aromatic N) is 3. The lowest BCUT2D eigenvalue weighted by Gasteiger charge is -2.16. The molecule has 0 radical (unpaired) electrons. The molecule has 2 aromatic heterocycles. The molecule has 0 amide bonds. The first kappa shape index (κ1) is 20.4. The van der Waals surface area contributed by atoms with Gasteiger partial charge >= 0.3 is 11.7 Å². The molecule has 31 heavy (non-hydrogen) atoms. The number of fused-ring (bicyclic) bond motifs is 1. The van der Waals surface area contributed by atoms with Gasteiger partial charge in [-0.1, -0.05) is 36.4 Å². The van der Waals surface area contributed by atoms with E-state index in [0.717, 1.165) is 5.56 Å². The smallest absolute Gasteiger partial charge is 0.329 e. The number of aromatic nitrogens is 4. The molecule has 0 aliphatic carbocycles. The molecule has 0 saturated heterocycles. The number of benzene rings is 2. The van der Waals surface area contributed by atoms with Crippen LogP contribution in [0.3, 0.4) is 0 Å². The summed E-state index contributed by atoms with van der Waals surface area (Å²) < 4.78 is 14.3. The Hall–Kier alpha value is -3.85. The highest BCUT2D eigenvalue weighted by molar-refractivity contribution is 5.71. The lowest BCUT2D eigenvalue weighted by molar-refractivity contribution is 0.0912. The van der Waals surface area contributed by atoms with Gasteiger partial charge in [0, 0.05) is 7.05 Å². The average molecular weight is 422 g/mol. The van der Waals surface area contributed by atoms with Crippen LogP contribution in [0.2, 0.25) is 0 Å². The van der Waals surface area contributed by atoms with Crippen molar-refractivity contribution in [3.63, 3.8) is 0 Å². The van der Waals surface area contributed by atoms with Gasteiger partial charge < -0.3 is 14.6 Å². The standard InChI is InChI=1S/C22H22N4O5/c1-14-8-6-7-11-17(14)30-13-15(27)12-26-18-19(25(2)21(29)24-20(18)28)23-22(26)31-16-9-4-3-5-10-16/h3-11,15,27H,12-13H2,1-2H3,(H,24,28,29)/t15-/m1/s1. The summed E-state index contributed by atoms with van der Waals surface area (Å²) in [6.45, 7) is 1.89. The summed E-state index contributed by atoms with van der Waals surface area (Å²) in [5, 5.41) is 10.6. The molecule has 0 fully saturated rings. The summed E-state index contributed by atoms with van der Waals surface area (Å²) >= 11 is 0. The van der Waals surface area contributed by atoms with E-state index in [0.29, 0.717) is 11.5 Å². The highest BCUT2D eigenvalue weighted by Gasteiger charge is 2.21. The van der Waals surface area contributed by atoms with Crippen LogP contribution >= 0.6 is 0 Å². The van der Waals surface area contributed by atoms with Crippen molar-refractivity contribution in [3.05, 3.63) is 81.0 Å². The average Bonchev–Trinajstić information content (AvgIpc) is 3.10. The Labute approximate surface area is 177 Å². The van der Waals surface area contributed by atoms with Gasteiger partial charge in [-0.25, -0.2) is 4.79 Å². The predicted molar refractivity (Wildman–Crippen MR) is 115 cm³/mol. The van der Waals surface area contributed by atoms with Crippen LogP contribution in [0.25, 0.3) is 11.2 Å². The Bertz CT molecular complexity index is 1320. The Morgan fingerprint density at radius 1 is 1.10 bits per heavy atom. The molecule has 0 unspecified atom stereocenters. The number of rotatable bonds is 7. The van der Waals surface area contributed by atoms with Crippen LogP contribution in [0.15, 0.2) is 64.2 Å². The fourth-order valence-electron chi connectivity index (χ4n) is 3.22. The second kappa shape index (κ2) is 8.49. The number of imidazole rings is 1. The summed E-state index contributed by atoms with van der Waals surface area (Å²) in [6, 6.07) is 16.5. The van der Waals surface area contributed by atoms with Crippen molar-refractivity contribution < 1.29 is 14.6 Å². The third kappa shape index (κ3) is 4.22. The van der Waals surface area contributed by atoms with Crippen molar-refractivity contribution in [3.8, 4) is 17.5 Å². The maximum absolute atomic E-state index is 12.5. The van der Waals surface area contributed by atoms with Gasteiger partial charge in [-0.2, -0.15) is 4.98 Å². The van der Waals surface area contributed by atoms with E-state index >= 15 is 0 Å². The summed E-state index contributed by atoms with van der Waals surface area (Å²) in [7, 11) is 1.50. The molecule has 0 aliphatic heterocycles. The maximum Gasteiger partial charge on any atom is 0.329 e. The Balaban J connectivity index is 1.68. The molecule has 1 atom stereocenters. The number of hydrogen-bond acceptors (Lipinski definition) is 6. The van der Waals surface area contributed by atoms with Gasteiger partial charge in [-0.15, -0.1) is 0 Å². The van der Waals surface area contributed by atoms with Crippen LogP contribution in [0.1, 0.15) is 5.56 Å². The number of H-pyrrole nitrogens is 1. The predicted octanol–water partition coefficient (Wildman–Crippen LogP) is 1.96. The molecule has 0 saturated carbocycles. The maximum atomic E-state index is 12.5. The van der Waals surface area contributed by atoms with Crippen molar-refractivity contribution in [2.75, 3.05) is 6.61 Å². The van der Waals surface area contributed by atoms with E-state index in [1.54, 1.807) is 24.3 Å². The molecule has 2 heterocycles. The van der Waals surface area contributed by atoms with Crippen molar-refractivity contribution in [2.24, 2.45) is 7.05 Å². The number of aryl methyl sites for hydroxylation is 2. The minimum Gasteiger partial charge on any atom is -0.491 e. The molecule has 9 nitrogen and oxygen atoms in total. The van der Waals surface area contributed by atoms with E-state index in [-0.39, 0.29) is 30.3 Å². The van der Waals surface area contributed by atoms with E-state index in [4.69, 9.17) is 9.47 Å². The highest BCUT2D eigenvalue weighted by atomic mass is 16.5. The van der Waals surface area contributed by atoms with Crippen LogP contribution in [0.4, 0.5) is 0 Å². The molecule has 2 aromatic carbocycles. The minimum absolute atomic E-state index is 0.00102. The van der Waals surface area contributed by atoms with Crippen LogP contribution in [0, 0.1) is 6.92 Å². The molecular formula is C22H22N4O5. The van der Waals surface area contributed by atoms with Crippen LogP contribution < -0.4 is 20.7 Å². The van der Waals surface area contributed by atoms with Crippen molar-refractivity contribution in [2.45, 2.75) is 19.6 Å². The van der Waals surface area contributed by atoms with E-state index in [1.165, 1.54) is 16.2 Å². The fourth-order valence-corrected chi connectivity index (χ4v) is 3.22. The summed E-state index contributed by atoms with van der Waals surface area (Å²) in [4.78, 5) is 31.1. The van der Waals surface area contributed by atoms with E-state index in [2.05, 4.69) is 9.97 Å². The Kier molecular flexibility index (Phi) is 5.59. The van der Waals surface area contributed by atoms with Gasteiger partial charge in [-0.05, 0) is 30.7 Å². The zero-order valence-corrected chi connectivity index (χ0v) is 17.1. The van der Waals surface area contributed by atoms with Gasteiger partial charge in [0.1, 0.15) is 24.2 Å². The third-order valence-electron chi connectivity index (χ3n) is 4.84. The Morgan fingerprint density at radius 2 is 1.81 bits per heavy atom. The number of para-hydroxylation sites is 2. The lowest BCUT2D eigenvalue weighted by Crippen LogP contribution is -2.30. The lowest BCUT2D eigenvalue weighted by atomic mass is 10.2. The number of aromatic amines is 1. The van der Waals surface area contributed by atoms with E-state index in [1.807, 2.05) is 37.3 Å². The quantitative estimate of drug-likeness (QED) is 0.471. The third-order valence-corrected chi connectivity index (χ3v) is 4.84. The van der Waals surface area contributed by atoms with Crippen molar-refractivity contribution in [1.29, 1.82) is 0 Å². The van der Waals surface area contributed by atoms with Crippen LogP contribution in [-0.4, -0.2) is 36.9 Å². The first-order valence-corrected chi connectivity index (χ1v) is 9.73. The van der Waals surface area contributed by atoms with Gasteiger partial charge in [0.15, 0.2) is 11.2 Å². The summed E-state index contributed by atoms with van der Waals surface area (Å²) in [5.41, 5.74) is 0.0365. The molecule has 4 aromatic rings. The van der Waals surface area contributed by atoms with E-state index in [9.17, 15) is 14.7 Å². The van der Waals surface area contributed by atoms with E-state index < -0.39 is 17.4 Å². The van der Waals surface area contributed by atoms with Crippen molar-refractivity contribution >= 4 is 11.2 Å². The molecular weight excluding hydrogens is 400 g/mol. The second-order valence-electron chi connectivity index (χ2n) is 7.14. The zero-order chi connectivity index (χ0) is 22.0. The molecule has 4 rings (SSSR count). The molecule has 0 bridgehead atoms. The van der Waals surface area contributed by atoms with Gasteiger partial charge in [0.2, 0.25) is 0 Å². The minimum atomic E-state index is -0.966. The fraction of sp³-hybridized carbons (Fsp3) is 0.227. The second-order valence-corrected chi connectivity index (χ2v) is 7.14. The SMILES string of the molecule is Cc1ccccc1OC[C@H](O)Cn1c(Oc2ccccc2)nc2c1c(=O)[nH]c(=O)n2C. The van der Waals surface area contributed by atoms with Gasteiger partial charge in [-0.3, -0.25) is 18.9 Å². The topological polar surface area (TPSA) is 111 Å². The largest absolute Gasteiger partial charge is 0.491 e. The molecule has 0 spiro atoms.